The van der Waals surface area contributed by atoms with E-state index in [-0.39, 0.29) is 0 Å². The Hall–Kier alpha value is -2.77. The molecule has 2 heterocycles. The lowest BCUT2D eigenvalue weighted by atomic mass is 10.3. The third-order valence-electron chi connectivity index (χ3n) is 2.83. The van der Waals surface area contributed by atoms with E-state index in [2.05, 4.69) is 30.8 Å². The van der Waals surface area contributed by atoms with Crippen molar-refractivity contribution in [1.82, 2.24) is 20.2 Å². The van der Waals surface area contributed by atoms with E-state index in [1.54, 1.807) is 6.20 Å². The number of benzene rings is 1. The van der Waals surface area contributed by atoms with E-state index in [1.165, 1.54) is 6.07 Å². The van der Waals surface area contributed by atoms with Crippen LogP contribution < -0.4 is 10.6 Å². The molecule has 8 heteroatoms. The average Bonchev–Trinajstić information content (AvgIpc) is 2.92. The van der Waals surface area contributed by atoms with Gasteiger partial charge in [-0.15, -0.1) is 0 Å². The molecule has 0 aliphatic heterocycles. The molecule has 0 amide bonds. The molecule has 2 aromatic heterocycles. The van der Waals surface area contributed by atoms with Crippen LogP contribution in [0.1, 0.15) is 6.92 Å². The summed E-state index contributed by atoms with van der Waals surface area (Å²) in [6.45, 7) is 2.58. The second-order valence-electron chi connectivity index (χ2n) is 4.31. The van der Waals surface area contributed by atoms with Gasteiger partial charge in [0.15, 0.2) is 17.3 Å². The molecule has 108 valence electrons. The van der Waals surface area contributed by atoms with Gasteiger partial charge in [0.05, 0.1) is 11.6 Å². The number of aromatic nitrogens is 4. The van der Waals surface area contributed by atoms with Crippen molar-refractivity contribution in [2.24, 2.45) is 0 Å². The molecule has 0 radical (unpaired) electrons. The Bertz CT molecular complexity index is 785. The molecular weight excluding hydrogens is 278 g/mol. The predicted octanol–water partition coefficient (Wildman–Crippen LogP) is 2.81. The normalized spacial score (nSPS) is 10.8. The minimum atomic E-state index is -0.926. The Kier molecular flexibility index (Phi) is 3.35. The van der Waals surface area contributed by atoms with Crippen LogP contribution in [0, 0.1) is 11.6 Å². The molecule has 3 N–H and O–H groups in total. The Morgan fingerprint density at radius 3 is 2.81 bits per heavy atom. The molecule has 0 aliphatic carbocycles. The summed E-state index contributed by atoms with van der Waals surface area (Å²) in [5.74, 6) is -0.954. The van der Waals surface area contributed by atoms with Crippen LogP contribution in [-0.2, 0) is 0 Å². The van der Waals surface area contributed by atoms with Gasteiger partial charge in [0.25, 0.3) is 0 Å². The predicted molar refractivity (Wildman–Crippen MR) is 75.5 cm³/mol. The van der Waals surface area contributed by atoms with Crippen molar-refractivity contribution in [2.75, 3.05) is 17.2 Å². The summed E-state index contributed by atoms with van der Waals surface area (Å²) in [4.78, 5) is 8.55. The second-order valence-corrected chi connectivity index (χ2v) is 4.31. The quantitative estimate of drug-likeness (QED) is 0.688. The Labute approximate surface area is 118 Å². The zero-order chi connectivity index (χ0) is 14.8. The zero-order valence-corrected chi connectivity index (χ0v) is 11.1. The van der Waals surface area contributed by atoms with Crippen LogP contribution in [0.25, 0.3) is 11.0 Å². The summed E-state index contributed by atoms with van der Waals surface area (Å²) in [7, 11) is 0. The Morgan fingerprint density at radius 2 is 2.05 bits per heavy atom. The number of H-pyrrole nitrogens is 1. The number of hydrogen-bond donors (Lipinski definition) is 3. The highest BCUT2D eigenvalue weighted by Crippen LogP contribution is 2.24. The lowest BCUT2D eigenvalue weighted by Crippen LogP contribution is -2.05. The Morgan fingerprint density at radius 1 is 1.19 bits per heavy atom. The fourth-order valence-corrected chi connectivity index (χ4v) is 1.88. The highest BCUT2D eigenvalue weighted by molar-refractivity contribution is 5.89. The van der Waals surface area contributed by atoms with E-state index in [0.717, 1.165) is 12.1 Å². The first-order valence-electron chi connectivity index (χ1n) is 6.34. The molecule has 0 fully saturated rings. The van der Waals surface area contributed by atoms with Crippen molar-refractivity contribution >= 4 is 28.5 Å². The van der Waals surface area contributed by atoms with Crippen LogP contribution >= 0.6 is 0 Å². The van der Waals surface area contributed by atoms with Crippen molar-refractivity contribution in [1.29, 1.82) is 0 Å². The van der Waals surface area contributed by atoms with Crippen LogP contribution in [0.15, 0.2) is 24.4 Å². The molecule has 1 aromatic carbocycles. The molecule has 0 saturated heterocycles. The van der Waals surface area contributed by atoms with Crippen LogP contribution in [0.4, 0.5) is 26.2 Å². The van der Waals surface area contributed by atoms with Gasteiger partial charge in [0, 0.05) is 18.3 Å². The maximum atomic E-state index is 13.3. The second kappa shape index (κ2) is 5.31. The number of halogens is 2. The molecule has 3 rings (SSSR count). The summed E-state index contributed by atoms with van der Waals surface area (Å²) in [6, 6.07) is 3.55. The molecule has 0 atom stereocenters. The molecule has 0 spiro atoms. The van der Waals surface area contributed by atoms with Crippen molar-refractivity contribution in [3.05, 3.63) is 36.0 Å². The Balaban J connectivity index is 2.01. The number of aromatic amines is 1. The van der Waals surface area contributed by atoms with Gasteiger partial charge < -0.3 is 10.6 Å². The number of anilines is 3. The van der Waals surface area contributed by atoms with Gasteiger partial charge in [-0.05, 0) is 19.1 Å². The molecule has 0 bridgehead atoms. The van der Waals surface area contributed by atoms with Crippen molar-refractivity contribution in [3.8, 4) is 0 Å². The fraction of sp³-hybridized carbons (Fsp3) is 0.154. The van der Waals surface area contributed by atoms with Crippen LogP contribution in [-0.4, -0.2) is 26.7 Å². The number of rotatable bonds is 4. The molecule has 6 nitrogen and oxygen atoms in total. The minimum absolute atomic E-state index is 0.387. The van der Waals surface area contributed by atoms with Crippen LogP contribution in [0.2, 0.25) is 0 Å². The van der Waals surface area contributed by atoms with Crippen LogP contribution in [0.3, 0.4) is 0 Å². The first-order chi connectivity index (χ1) is 10.2. The van der Waals surface area contributed by atoms with Gasteiger partial charge in [-0.3, -0.25) is 5.10 Å². The maximum absolute atomic E-state index is 13.3. The van der Waals surface area contributed by atoms with Crippen LogP contribution in [0.5, 0.6) is 0 Å². The lowest BCUT2D eigenvalue weighted by Gasteiger charge is -2.09. The summed E-state index contributed by atoms with van der Waals surface area (Å²) < 4.78 is 26.2. The van der Waals surface area contributed by atoms with E-state index in [9.17, 15) is 8.78 Å². The molecule has 0 aliphatic rings. The third-order valence-corrected chi connectivity index (χ3v) is 2.83. The van der Waals surface area contributed by atoms with Gasteiger partial charge in [0.2, 0.25) is 5.95 Å². The first-order valence-corrected chi connectivity index (χ1v) is 6.34. The van der Waals surface area contributed by atoms with E-state index in [4.69, 9.17) is 0 Å². The van der Waals surface area contributed by atoms with E-state index in [0.29, 0.717) is 35.0 Å². The summed E-state index contributed by atoms with van der Waals surface area (Å²) in [6.07, 6.45) is 1.56. The number of nitrogens with one attached hydrogen (secondary N) is 3. The highest BCUT2D eigenvalue weighted by Gasteiger charge is 2.10. The van der Waals surface area contributed by atoms with Gasteiger partial charge in [0.1, 0.15) is 5.82 Å². The van der Waals surface area contributed by atoms with E-state index >= 15 is 0 Å². The lowest BCUT2D eigenvalue weighted by molar-refractivity contribution is 0.509. The van der Waals surface area contributed by atoms with E-state index in [1.807, 2.05) is 6.92 Å². The zero-order valence-electron chi connectivity index (χ0n) is 11.1. The molecule has 21 heavy (non-hydrogen) atoms. The summed E-state index contributed by atoms with van der Waals surface area (Å²) in [5, 5.41) is 13.2. The topological polar surface area (TPSA) is 78.5 Å². The number of hydrogen-bond acceptors (Lipinski definition) is 5. The largest absolute Gasteiger partial charge is 0.354 e. The smallest absolute Gasteiger partial charge is 0.226 e. The van der Waals surface area contributed by atoms with Gasteiger partial charge >= 0.3 is 0 Å². The molecule has 0 unspecified atom stereocenters. The number of fused-ring (bicyclic) bond motifs is 1. The first kappa shape index (κ1) is 13.2. The highest BCUT2D eigenvalue weighted by atomic mass is 19.2. The van der Waals surface area contributed by atoms with Crippen molar-refractivity contribution < 1.29 is 8.78 Å². The summed E-state index contributed by atoms with van der Waals surface area (Å²) >= 11 is 0. The van der Waals surface area contributed by atoms with E-state index < -0.39 is 11.6 Å². The number of nitrogens with zero attached hydrogens (tertiary/aromatic N) is 3. The van der Waals surface area contributed by atoms with Crippen molar-refractivity contribution in [3.63, 3.8) is 0 Å². The fourth-order valence-electron chi connectivity index (χ4n) is 1.88. The molecule has 0 saturated carbocycles. The molecular formula is C13H12F2N6. The van der Waals surface area contributed by atoms with Gasteiger partial charge in [-0.2, -0.15) is 15.1 Å². The maximum Gasteiger partial charge on any atom is 0.226 e. The third kappa shape index (κ3) is 2.60. The molecule has 3 aromatic rings. The monoisotopic (exact) mass is 290 g/mol. The summed E-state index contributed by atoms with van der Waals surface area (Å²) in [5.41, 5.74) is 0.934. The van der Waals surface area contributed by atoms with Gasteiger partial charge in [-0.1, -0.05) is 0 Å². The standard InChI is InChI=1S/C13H12F2N6/c1-2-16-13-19-11(8-6-17-21-12(8)20-13)18-7-3-4-9(14)10(15)5-7/h3-6H,2H2,1H3,(H3,16,17,18,19,20,21). The van der Waals surface area contributed by atoms with Crippen molar-refractivity contribution in [2.45, 2.75) is 6.92 Å². The minimum Gasteiger partial charge on any atom is -0.354 e. The van der Waals surface area contributed by atoms with Gasteiger partial charge in [-0.25, -0.2) is 8.78 Å². The SMILES string of the molecule is CCNc1nc(Nc2ccc(F)c(F)c2)c2cn[nH]c2n1. The average molecular weight is 290 g/mol.